The van der Waals surface area contributed by atoms with Gasteiger partial charge in [-0.15, -0.1) is 0 Å². The second-order valence-corrected chi connectivity index (χ2v) is 8.36. The van der Waals surface area contributed by atoms with Crippen LogP contribution >= 0.6 is 0 Å². The lowest BCUT2D eigenvalue weighted by atomic mass is 9.99. The van der Waals surface area contributed by atoms with E-state index < -0.39 is 29.1 Å². The number of likely N-dealkylation sites (tertiary alicyclic amines) is 1. The van der Waals surface area contributed by atoms with Crippen molar-refractivity contribution in [3.8, 4) is 0 Å². The van der Waals surface area contributed by atoms with Gasteiger partial charge in [-0.2, -0.15) is 0 Å². The fourth-order valence-corrected chi connectivity index (χ4v) is 3.76. The second kappa shape index (κ2) is 10.9. The van der Waals surface area contributed by atoms with Crippen molar-refractivity contribution in [2.75, 3.05) is 18.4 Å². The summed E-state index contributed by atoms with van der Waals surface area (Å²) in [6, 6.07) is 10.9. The molecule has 0 bridgehead atoms. The number of nitrogens with zero attached hydrogens (tertiary/aromatic N) is 1. The molecule has 7 nitrogen and oxygen atoms in total. The average molecular weight is 459 g/mol. The Morgan fingerprint density at radius 2 is 1.55 bits per heavy atom. The number of anilines is 1. The summed E-state index contributed by atoms with van der Waals surface area (Å²) in [6.07, 6.45) is 1.10. The first-order chi connectivity index (χ1) is 15.8. The molecule has 1 fully saturated rings. The third-order valence-electron chi connectivity index (χ3n) is 5.58. The summed E-state index contributed by atoms with van der Waals surface area (Å²) in [5.41, 5.74) is -0.0206. The summed E-state index contributed by atoms with van der Waals surface area (Å²) in [4.78, 5) is 39.4. The molecular formula is C24H28F2N4O3. The van der Waals surface area contributed by atoms with Crippen LogP contribution < -0.4 is 16.0 Å². The number of nitrogens with one attached hydrogen (secondary N) is 3. The number of para-hydroxylation sites is 1. The second-order valence-electron chi connectivity index (χ2n) is 8.36. The van der Waals surface area contributed by atoms with Crippen molar-refractivity contribution in [2.45, 2.75) is 38.8 Å². The fourth-order valence-electron chi connectivity index (χ4n) is 3.76. The molecule has 3 N–H and O–H groups in total. The van der Waals surface area contributed by atoms with Crippen molar-refractivity contribution in [1.29, 1.82) is 0 Å². The van der Waals surface area contributed by atoms with Crippen LogP contribution in [0.1, 0.15) is 37.0 Å². The molecule has 33 heavy (non-hydrogen) atoms. The highest BCUT2D eigenvalue weighted by atomic mass is 19.1. The molecule has 0 aromatic heterocycles. The van der Waals surface area contributed by atoms with Gasteiger partial charge in [0, 0.05) is 24.8 Å². The third kappa shape index (κ3) is 6.27. The van der Waals surface area contributed by atoms with Crippen LogP contribution in [0.5, 0.6) is 0 Å². The molecule has 176 valence electrons. The Hall–Kier alpha value is -3.49. The van der Waals surface area contributed by atoms with Gasteiger partial charge >= 0.3 is 6.03 Å². The number of piperidine rings is 1. The van der Waals surface area contributed by atoms with Crippen molar-refractivity contribution < 1.29 is 23.2 Å². The molecule has 1 atom stereocenters. The molecule has 2 aromatic carbocycles. The zero-order chi connectivity index (χ0) is 24.0. The van der Waals surface area contributed by atoms with Crippen LogP contribution in [0.3, 0.4) is 0 Å². The van der Waals surface area contributed by atoms with E-state index in [2.05, 4.69) is 16.0 Å². The van der Waals surface area contributed by atoms with Gasteiger partial charge < -0.3 is 20.9 Å². The van der Waals surface area contributed by atoms with Crippen LogP contribution in [-0.4, -0.2) is 47.9 Å². The fraction of sp³-hybridized carbons (Fsp3) is 0.375. The number of rotatable bonds is 6. The zero-order valence-corrected chi connectivity index (χ0v) is 18.6. The third-order valence-corrected chi connectivity index (χ3v) is 5.58. The van der Waals surface area contributed by atoms with Crippen molar-refractivity contribution >= 4 is 23.5 Å². The molecular weight excluding hydrogens is 430 g/mol. The van der Waals surface area contributed by atoms with Crippen LogP contribution in [0, 0.1) is 17.6 Å². The SMILES string of the molecule is CC(C)C(NC(=O)c1c(F)cccc1F)C(=O)N1CCC(NC(=O)Nc2ccccc2)CC1. The smallest absolute Gasteiger partial charge is 0.319 e. The Balaban J connectivity index is 1.55. The first-order valence-electron chi connectivity index (χ1n) is 10.9. The van der Waals surface area contributed by atoms with Crippen LogP contribution in [0.4, 0.5) is 19.3 Å². The quantitative estimate of drug-likeness (QED) is 0.619. The summed E-state index contributed by atoms with van der Waals surface area (Å²) in [5.74, 6) is -3.54. The zero-order valence-electron chi connectivity index (χ0n) is 18.6. The molecule has 0 radical (unpaired) electrons. The maximum atomic E-state index is 14.0. The van der Waals surface area contributed by atoms with Crippen LogP contribution in [0.25, 0.3) is 0 Å². The van der Waals surface area contributed by atoms with Gasteiger partial charge in [-0.1, -0.05) is 38.1 Å². The lowest BCUT2D eigenvalue weighted by Crippen LogP contribution is -2.55. The van der Waals surface area contributed by atoms with Gasteiger partial charge in [0.15, 0.2) is 0 Å². The molecule has 4 amide bonds. The Bertz CT molecular complexity index is 972. The lowest BCUT2D eigenvalue weighted by molar-refractivity contribution is -0.135. The van der Waals surface area contributed by atoms with Gasteiger partial charge in [0.05, 0.1) is 0 Å². The summed E-state index contributed by atoms with van der Waals surface area (Å²) >= 11 is 0. The Morgan fingerprint density at radius 1 is 0.939 bits per heavy atom. The molecule has 2 aromatic rings. The van der Waals surface area contributed by atoms with Crippen LogP contribution in [0.15, 0.2) is 48.5 Å². The number of hydrogen-bond acceptors (Lipinski definition) is 3. The normalized spacial score (nSPS) is 15.1. The molecule has 1 unspecified atom stereocenters. The van der Waals surface area contributed by atoms with E-state index in [4.69, 9.17) is 0 Å². The van der Waals surface area contributed by atoms with Gasteiger partial charge in [0.25, 0.3) is 5.91 Å². The van der Waals surface area contributed by atoms with Gasteiger partial charge in [0.1, 0.15) is 23.2 Å². The minimum absolute atomic E-state index is 0.0997. The van der Waals surface area contributed by atoms with E-state index in [1.165, 1.54) is 6.07 Å². The van der Waals surface area contributed by atoms with Crippen LogP contribution in [-0.2, 0) is 4.79 Å². The van der Waals surface area contributed by atoms with Crippen molar-refractivity contribution in [3.05, 3.63) is 65.7 Å². The number of urea groups is 1. The molecule has 3 rings (SSSR count). The monoisotopic (exact) mass is 458 g/mol. The predicted octanol–water partition coefficient (Wildman–Crippen LogP) is 3.53. The van der Waals surface area contributed by atoms with Gasteiger partial charge in [-0.05, 0) is 43.0 Å². The minimum atomic E-state index is -0.983. The van der Waals surface area contributed by atoms with E-state index >= 15 is 0 Å². The molecule has 0 saturated carbocycles. The van der Waals surface area contributed by atoms with Crippen LogP contribution in [0.2, 0.25) is 0 Å². The van der Waals surface area contributed by atoms with E-state index in [1.54, 1.807) is 30.9 Å². The first-order valence-corrected chi connectivity index (χ1v) is 10.9. The van der Waals surface area contributed by atoms with Crippen molar-refractivity contribution in [1.82, 2.24) is 15.5 Å². The number of carbonyl (C=O) groups excluding carboxylic acids is 3. The number of carbonyl (C=O) groups is 3. The topological polar surface area (TPSA) is 90.5 Å². The summed E-state index contributed by atoms with van der Waals surface area (Å²) < 4.78 is 27.9. The highest BCUT2D eigenvalue weighted by Crippen LogP contribution is 2.17. The molecule has 0 spiro atoms. The maximum absolute atomic E-state index is 14.0. The molecule has 1 aliphatic heterocycles. The standard InChI is InChI=1S/C24H28F2N4O3/c1-15(2)21(29-22(31)20-18(25)9-6-10-19(20)26)23(32)30-13-11-17(12-14-30)28-24(33)27-16-7-4-3-5-8-16/h3-10,15,17,21H,11-14H2,1-2H3,(H,29,31)(H2,27,28,33). The summed E-state index contributed by atoms with van der Waals surface area (Å²) in [5, 5.41) is 8.16. The number of hydrogen-bond donors (Lipinski definition) is 3. The number of halogens is 2. The lowest BCUT2D eigenvalue weighted by Gasteiger charge is -2.35. The largest absolute Gasteiger partial charge is 0.341 e. The summed E-state index contributed by atoms with van der Waals surface area (Å²) in [6.45, 7) is 4.29. The Kier molecular flexibility index (Phi) is 7.97. The van der Waals surface area contributed by atoms with Crippen molar-refractivity contribution in [2.24, 2.45) is 5.92 Å². The Morgan fingerprint density at radius 3 is 2.12 bits per heavy atom. The Labute approximate surface area is 191 Å². The van der Waals surface area contributed by atoms with E-state index in [9.17, 15) is 23.2 Å². The highest BCUT2D eigenvalue weighted by Gasteiger charge is 2.32. The molecule has 1 aliphatic rings. The molecule has 1 saturated heterocycles. The molecule has 1 heterocycles. The van der Waals surface area contributed by atoms with E-state index in [-0.39, 0.29) is 23.9 Å². The maximum Gasteiger partial charge on any atom is 0.319 e. The number of amides is 4. The summed E-state index contributed by atoms with van der Waals surface area (Å²) in [7, 11) is 0. The number of benzene rings is 2. The minimum Gasteiger partial charge on any atom is -0.341 e. The van der Waals surface area contributed by atoms with E-state index in [0.29, 0.717) is 31.6 Å². The van der Waals surface area contributed by atoms with E-state index in [1.807, 2.05) is 18.2 Å². The van der Waals surface area contributed by atoms with Gasteiger partial charge in [-0.25, -0.2) is 13.6 Å². The van der Waals surface area contributed by atoms with Gasteiger partial charge in [0.2, 0.25) is 5.91 Å². The van der Waals surface area contributed by atoms with Crippen molar-refractivity contribution in [3.63, 3.8) is 0 Å². The first kappa shape index (κ1) is 24.2. The predicted molar refractivity (Wildman–Crippen MR) is 121 cm³/mol. The highest BCUT2D eigenvalue weighted by molar-refractivity contribution is 5.98. The van der Waals surface area contributed by atoms with Gasteiger partial charge in [-0.3, -0.25) is 9.59 Å². The van der Waals surface area contributed by atoms with E-state index in [0.717, 1.165) is 12.1 Å². The molecule has 9 heteroatoms. The average Bonchev–Trinajstić information content (AvgIpc) is 2.78. The molecule has 0 aliphatic carbocycles.